The molecule has 1 aromatic heterocycles. The zero-order chi connectivity index (χ0) is 23.9. The number of ether oxygens (including phenoxy) is 1. The molecular weight excluding hydrogens is 406 g/mol. The summed E-state index contributed by atoms with van der Waals surface area (Å²) in [5.41, 5.74) is 8.55. The molecule has 172 valence electrons. The van der Waals surface area contributed by atoms with E-state index in [1.54, 1.807) is 7.11 Å². The van der Waals surface area contributed by atoms with Gasteiger partial charge in [0.1, 0.15) is 11.6 Å². The normalized spacial score (nSPS) is 12.1. The van der Waals surface area contributed by atoms with Gasteiger partial charge < -0.3 is 20.9 Å². The molecule has 0 bridgehead atoms. The SMILES string of the molecule is CCCC[C@@H](CC(=O)O)Nc1nc(N)nc(C)c1Cc1cc(C(C)(C)C#N)ccc1OC. The van der Waals surface area contributed by atoms with E-state index >= 15 is 0 Å². The molecule has 1 aromatic carbocycles. The van der Waals surface area contributed by atoms with Gasteiger partial charge in [0.15, 0.2) is 0 Å². The van der Waals surface area contributed by atoms with Gasteiger partial charge >= 0.3 is 5.97 Å². The highest BCUT2D eigenvalue weighted by Crippen LogP contribution is 2.32. The second kappa shape index (κ2) is 10.8. The van der Waals surface area contributed by atoms with Gasteiger partial charge in [-0.1, -0.05) is 31.9 Å². The molecule has 2 rings (SSSR count). The van der Waals surface area contributed by atoms with Crippen LogP contribution in [-0.2, 0) is 16.6 Å². The lowest BCUT2D eigenvalue weighted by atomic mass is 9.84. The molecule has 0 aliphatic heterocycles. The first kappa shape index (κ1) is 24.9. The van der Waals surface area contributed by atoms with Crippen LogP contribution in [0.15, 0.2) is 18.2 Å². The highest BCUT2D eigenvalue weighted by Gasteiger charge is 2.23. The summed E-state index contributed by atoms with van der Waals surface area (Å²) in [7, 11) is 1.60. The summed E-state index contributed by atoms with van der Waals surface area (Å²) >= 11 is 0. The Balaban J connectivity index is 2.49. The smallest absolute Gasteiger partial charge is 0.305 e. The molecule has 0 saturated heterocycles. The lowest BCUT2D eigenvalue weighted by Crippen LogP contribution is -2.25. The van der Waals surface area contributed by atoms with E-state index in [4.69, 9.17) is 10.5 Å². The van der Waals surface area contributed by atoms with Crippen LogP contribution in [0.2, 0.25) is 0 Å². The Kier molecular flexibility index (Phi) is 8.41. The third kappa shape index (κ3) is 6.33. The fourth-order valence-electron chi connectivity index (χ4n) is 3.59. The van der Waals surface area contributed by atoms with Crippen LogP contribution >= 0.6 is 0 Å². The Hall–Kier alpha value is -3.34. The van der Waals surface area contributed by atoms with Gasteiger partial charge in [-0.15, -0.1) is 0 Å². The molecule has 0 aliphatic carbocycles. The topological polar surface area (TPSA) is 134 Å². The van der Waals surface area contributed by atoms with Gasteiger partial charge in [0.25, 0.3) is 0 Å². The van der Waals surface area contributed by atoms with Crippen molar-refractivity contribution < 1.29 is 14.6 Å². The van der Waals surface area contributed by atoms with Crippen LogP contribution in [0.4, 0.5) is 11.8 Å². The summed E-state index contributed by atoms with van der Waals surface area (Å²) in [6.07, 6.45) is 3.01. The van der Waals surface area contributed by atoms with Crippen molar-refractivity contribution in [3.05, 3.63) is 40.6 Å². The van der Waals surface area contributed by atoms with Crippen molar-refractivity contribution in [2.24, 2.45) is 0 Å². The van der Waals surface area contributed by atoms with E-state index < -0.39 is 11.4 Å². The van der Waals surface area contributed by atoms with Gasteiger partial charge in [0.05, 0.1) is 25.0 Å². The number of methoxy groups -OCH3 is 1. The molecule has 0 saturated carbocycles. The summed E-state index contributed by atoms with van der Waals surface area (Å²) in [4.78, 5) is 20.1. The zero-order valence-electron chi connectivity index (χ0n) is 19.5. The number of hydrogen-bond acceptors (Lipinski definition) is 7. The van der Waals surface area contributed by atoms with Crippen molar-refractivity contribution in [1.29, 1.82) is 5.26 Å². The number of anilines is 2. The van der Waals surface area contributed by atoms with Gasteiger partial charge in [0, 0.05) is 23.7 Å². The minimum Gasteiger partial charge on any atom is -0.496 e. The van der Waals surface area contributed by atoms with E-state index in [0.717, 1.165) is 29.5 Å². The average molecular weight is 440 g/mol. The lowest BCUT2D eigenvalue weighted by molar-refractivity contribution is -0.137. The fraction of sp³-hybridized carbons (Fsp3) is 0.500. The molecular formula is C24H33N5O3. The minimum absolute atomic E-state index is 0.0163. The largest absolute Gasteiger partial charge is 0.496 e. The molecule has 0 fully saturated rings. The number of aryl methyl sites for hydroxylation is 1. The summed E-state index contributed by atoms with van der Waals surface area (Å²) in [6.45, 7) is 7.66. The number of nitrogens with two attached hydrogens (primary N) is 1. The average Bonchev–Trinajstić information content (AvgIpc) is 2.73. The molecule has 0 unspecified atom stereocenters. The van der Waals surface area contributed by atoms with Crippen molar-refractivity contribution in [2.75, 3.05) is 18.2 Å². The van der Waals surface area contributed by atoms with Crippen LogP contribution in [0.25, 0.3) is 0 Å². The Labute approximate surface area is 189 Å². The number of nitrogen functional groups attached to an aromatic ring is 1. The molecule has 4 N–H and O–H groups in total. The molecule has 32 heavy (non-hydrogen) atoms. The quantitative estimate of drug-likeness (QED) is 0.474. The minimum atomic E-state index is -0.869. The summed E-state index contributed by atoms with van der Waals surface area (Å²) in [6, 6.07) is 7.78. The highest BCUT2D eigenvalue weighted by molar-refractivity contribution is 5.68. The maximum absolute atomic E-state index is 11.4. The Morgan fingerprint density at radius 2 is 2.09 bits per heavy atom. The third-order valence-corrected chi connectivity index (χ3v) is 5.55. The predicted octanol–water partition coefficient (Wildman–Crippen LogP) is 4.21. The number of carbonyl (C=O) groups is 1. The number of rotatable bonds is 11. The van der Waals surface area contributed by atoms with Crippen LogP contribution < -0.4 is 15.8 Å². The Morgan fingerprint density at radius 3 is 2.69 bits per heavy atom. The van der Waals surface area contributed by atoms with E-state index in [1.165, 1.54) is 0 Å². The molecule has 0 aliphatic rings. The van der Waals surface area contributed by atoms with Crippen LogP contribution in [0.5, 0.6) is 5.75 Å². The first-order chi connectivity index (χ1) is 15.1. The molecule has 2 aromatic rings. The number of nitrogens with one attached hydrogen (secondary N) is 1. The number of unbranched alkanes of at least 4 members (excludes halogenated alkanes) is 1. The van der Waals surface area contributed by atoms with Crippen LogP contribution in [0.3, 0.4) is 0 Å². The van der Waals surface area contributed by atoms with E-state index in [1.807, 2.05) is 39.0 Å². The molecule has 0 spiro atoms. The summed E-state index contributed by atoms with van der Waals surface area (Å²) in [5.74, 6) is 0.485. The first-order valence-corrected chi connectivity index (χ1v) is 10.8. The summed E-state index contributed by atoms with van der Waals surface area (Å²) in [5, 5.41) is 22.2. The molecule has 1 heterocycles. The number of carboxylic acids is 1. The second-order valence-electron chi connectivity index (χ2n) is 8.52. The molecule has 0 radical (unpaired) electrons. The van der Waals surface area contributed by atoms with Gasteiger partial charge in [-0.3, -0.25) is 4.79 Å². The van der Waals surface area contributed by atoms with Crippen molar-refractivity contribution in [3.63, 3.8) is 0 Å². The van der Waals surface area contributed by atoms with Crippen molar-refractivity contribution in [3.8, 4) is 11.8 Å². The van der Waals surface area contributed by atoms with Crippen LogP contribution in [-0.4, -0.2) is 34.2 Å². The van der Waals surface area contributed by atoms with Crippen molar-refractivity contribution in [1.82, 2.24) is 9.97 Å². The molecule has 8 nitrogen and oxygen atoms in total. The van der Waals surface area contributed by atoms with Gasteiger partial charge in [-0.05, 0) is 44.4 Å². The molecule has 0 amide bonds. The summed E-state index contributed by atoms with van der Waals surface area (Å²) < 4.78 is 5.56. The number of aromatic nitrogens is 2. The van der Waals surface area contributed by atoms with E-state index in [-0.39, 0.29) is 18.4 Å². The fourth-order valence-corrected chi connectivity index (χ4v) is 3.59. The van der Waals surface area contributed by atoms with Gasteiger partial charge in [-0.25, -0.2) is 4.98 Å². The lowest BCUT2D eigenvalue weighted by Gasteiger charge is -2.22. The Morgan fingerprint density at radius 1 is 1.38 bits per heavy atom. The number of aliphatic carboxylic acids is 1. The number of nitrogens with zero attached hydrogens (tertiary/aromatic N) is 3. The molecule has 8 heteroatoms. The van der Waals surface area contributed by atoms with Crippen LogP contribution in [0.1, 0.15) is 68.8 Å². The van der Waals surface area contributed by atoms with Gasteiger partial charge in [-0.2, -0.15) is 10.2 Å². The standard InChI is InChI=1S/C24H33N5O3/c1-6-7-8-18(13-21(30)31)28-22-19(15(2)27-23(26)29-22)12-16-11-17(24(3,4)14-25)9-10-20(16)32-5/h9-11,18H,6-8,12-13H2,1-5H3,(H,30,31)(H3,26,27,28,29)/t18-/m0/s1. The number of nitriles is 1. The number of hydrogen-bond donors (Lipinski definition) is 3. The maximum atomic E-state index is 11.4. The van der Waals surface area contributed by atoms with E-state index in [0.29, 0.717) is 30.1 Å². The van der Waals surface area contributed by atoms with Crippen molar-refractivity contribution in [2.45, 2.75) is 71.3 Å². The zero-order valence-corrected chi connectivity index (χ0v) is 19.5. The number of carboxylic acid groups (broad SMARTS) is 1. The molecule has 1 atom stereocenters. The van der Waals surface area contributed by atoms with E-state index in [2.05, 4.69) is 28.3 Å². The highest BCUT2D eigenvalue weighted by atomic mass is 16.5. The Bertz CT molecular complexity index is 998. The monoisotopic (exact) mass is 439 g/mol. The second-order valence-corrected chi connectivity index (χ2v) is 8.52. The number of benzene rings is 1. The third-order valence-electron chi connectivity index (χ3n) is 5.55. The van der Waals surface area contributed by atoms with Crippen molar-refractivity contribution >= 4 is 17.7 Å². The van der Waals surface area contributed by atoms with Gasteiger partial charge in [0.2, 0.25) is 5.95 Å². The maximum Gasteiger partial charge on any atom is 0.305 e. The first-order valence-electron chi connectivity index (χ1n) is 10.8. The van der Waals surface area contributed by atoms with E-state index in [9.17, 15) is 15.2 Å². The predicted molar refractivity (Wildman–Crippen MR) is 125 cm³/mol. The van der Waals surface area contributed by atoms with Crippen LogP contribution in [0, 0.1) is 18.3 Å².